The molecule has 1 aromatic carbocycles. The van der Waals surface area contributed by atoms with Crippen LogP contribution in [-0.4, -0.2) is 30.2 Å². The number of benzene rings is 1. The van der Waals surface area contributed by atoms with Crippen LogP contribution in [0.1, 0.15) is 37.3 Å². The predicted molar refractivity (Wildman–Crippen MR) is 83.7 cm³/mol. The summed E-state index contributed by atoms with van der Waals surface area (Å²) >= 11 is 6.41. The van der Waals surface area contributed by atoms with Crippen molar-refractivity contribution in [3.8, 4) is 0 Å². The van der Waals surface area contributed by atoms with Crippen LogP contribution in [0.5, 0.6) is 0 Å². The quantitative estimate of drug-likeness (QED) is 0.795. The second kappa shape index (κ2) is 5.83. The van der Waals surface area contributed by atoms with Gasteiger partial charge in [-0.3, -0.25) is 4.79 Å². The zero-order valence-corrected chi connectivity index (χ0v) is 12.6. The highest BCUT2D eigenvalue weighted by molar-refractivity contribution is 6.33. The van der Waals surface area contributed by atoms with Gasteiger partial charge >= 0.3 is 0 Å². The first kappa shape index (κ1) is 14.6. The number of carbonyl (C=O) groups excluding carboxylic acids is 1. The third-order valence-electron chi connectivity index (χ3n) is 4.38. The van der Waals surface area contributed by atoms with E-state index in [1.165, 1.54) is 0 Å². The van der Waals surface area contributed by atoms with Crippen LogP contribution in [0.2, 0.25) is 5.02 Å². The molecule has 0 aromatic heterocycles. The van der Waals surface area contributed by atoms with Gasteiger partial charge in [-0.2, -0.15) is 0 Å². The number of hydrogen-bond donors (Lipinski definition) is 3. The minimum Gasteiger partial charge on any atom is -0.396 e. The van der Waals surface area contributed by atoms with Crippen molar-refractivity contribution in [2.45, 2.75) is 37.8 Å². The van der Waals surface area contributed by atoms with Gasteiger partial charge in [0.1, 0.15) is 6.04 Å². The Kier molecular flexibility index (Phi) is 4.06. The molecule has 6 heteroatoms. The van der Waals surface area contributed by atoms with Crippen molar-refractivity contribution in [2.75, 3.05) is 23.4 Å². The molecule has 1 aromatic rings. The lowest BCUT2D eigenvalue weighted by Crippen LogP contribution is -2.29. The number of nitrogens with two attached hydrogens (primary N) is 1. The molecule has 2 aliphatic rings. The maximum atomic E-state index is 11.7. The molecule has 1 fully saturated rings. The van der Waals surface area contributed by atoms with Gasteiger partial charge in [0, 0.05) is 30.4 Å². The number of carbonyl (C=O) groups is 1. The average Bonchev–Trinajstić information content (AvgIpc) is 3.03. The first-order valence-corrected chi connectivity index (χ1v) is 7.77. The molecule has 0 aliphatic carbocycles. The Hall–Kier alpha value is -1.30. The Bertz CT molecular complexity index is 564. The summed E-state index contributed by atoms with van der Waals surface area (Å²) in [6.07, 6.45) is 3.98. The van der Waals surface area contributed by atoms with E-state index in [2.05, 4.69) is 10.2 Å². The van der Waals surface area contributed by atoms with Crippen molar-refractivity contribution in [1.29, 1.82) is 0 Å². The van der Waals surface area contributed by atoms with Crippen LogP contribution in [0.4, 0.5) is 11.4 Å². The van der Waals surface area contributed by atoms with Crippen molar-refractivity contribution in [3.63, 3.8) is 0 Å². The van der Waals surface area contributed by atoms with Crippen LogP contribution < -0.4 is 16.0 Å². The number of fused-ring (bicyclic) bond motifs is 1. The topological polar surface area (TPSA) is 78.6 Å². The molecule has 3 rings (SSSR count). The summed E-state index contributed by atoms with van der Waals surface area (Å²) in [5.41, 5.74) is 8.32. The largest absolute Gasteiger partial charge is 0.396 e. The Morgan fingerprint density at radius 3 is 3.05 bits per heavy atom. The average molecular weight is 310 g/mol. The maximum Gasteiger partial charge on any atom is 0.245 e. The minimum absolute atomic E-state index is 0.184. The molecule has 0 radical (unpaired) electrons. The number of aliphatic hydroxyl groups is 1. The Labute approximate surface area is 129 Å². The fraction of sp³-hybridized carbons (Fsp3) is 0.533. The normalized spacial score (nSPS) is 24.3. The zero-order chi connectivity index (χ0) is 15.0. The summed E-state index contributed by atoms with van der Waals surface area (Å²) in [5, 5.41) is 12.5. The molecule has 5 nitrogen and oxygen atoms in total. The van der Waals surface area contributed by atoms with Gasteiger partial charge in [0.2, 0.25) is 5.91 Å². The molecule has 114 valence electrons. The summed E-state index contributed by atoms with van der Waals surface area (Å²) in [5.74, 6) is -0.184. The molecule has 4 N–H and O–H groups in total. The van der Waals surface area contributed by atoms with Crippen LogP contribution in [-0.2, 0) is 4.79 Å². The molecule has 21 heavy (non-hydrogen) atoms. The van der Waals surface area contributed by atoms with E-state index in [-0.39, 0.29) is 12.5 Å². The van der Waals surface area contributed by atoms with E-state index >= 15 is 0 Å². The lowest BCUT2D eigenvalue weighted by molar-refractivity contribution is -0.116. The summed E-state index contributed by atoms with van der Waals surface area (Å²) in [6.45, 7) is 1.17. The van der Waals surface area contributed by atoms with E-state index in [4.69, 9.17) is 22.4 Å². The molecule has 2 aliphatic heterocycles. The van der Waals surface area contributed by atoms with E-state index in [1.54, 1.807) is 6.07 Å². The first-order chi connectivity index (χ1) is 10.1. The highest BCUT2D eigenvalue weighted by atomic mass is 35.5. The monoisotopic (exact) mass is 309 g/mol. The molecule has 2 atom stereocenters. The third kappa shape index (κ3) is 2.61. The SMILES string of the molecule is NC1C(=O)Nc2cc(N3CCCC3CCCO)c(Cl)cc21. The number of anilines is 2. The lowest BCUT2D eigenvalue weighted by atomic mass is 10.1. The molecule has 2 unspecified atom stereocenters. The first-order valence-electron chi connectivity index (χ1n) is 7.39. The standard InChI is InChI=1S/C15H20ClN3O2/c16-11-7-10-12(18-15(21)14(10)17)8-13(11)19-5-1-3-9(19)4-2-6-20/h7-9,14,20H,1-6,17H2,(H,18,21). The van der Waals surface area contributed by atoms with Gasteiger partial charge < -0.3 is 21.1 Å². The molecule has 0 bridgehead atoms. The van der Waals surface area contributed by atoms with Gasteiger partial charge in [0.15, 0.2) is 0 Å². The van der Waals surface area contributed by atoms with Gasteiger partial charge in [-0.05, 0) is 37.8 Å². The van der Waals surface area contributed by atoms with Gasteiger partial charge in [0.25, 0.3) is 0 Å². The third-order valence-corrected chi connectivity index (χ3v) is 4.68. The van der Waals surface area contributed by atoms with Crippen molar-refractivity contribution < 1.29 is 9.90 Å². The number of rotatable bonds is 4. The summed E-state index contributed by atoms with van der Waals surface area (Å²) in [4.78, 5) is 13.9. The number of nitrogens with zero attached hydrogens (tertiary/aromatic N) is 1. The predicted octanol–water partition coefficient (Wildman–Crippen LogP) is 2.03. The van der Waals surface area contributed by atoms with E-state index in [9.17, 15) is 4.79 Å². The van der Waals surface area contributed by atoms with Crippen molar-refractivity contribution in [1.82, 2.24) is 0 Å². The van der Waals surface area contributed by atoms with Crippen LogP contribution in [0.15, 0.2) is 12.1 Å². The van der Waals surface area contributed by atoms with Gasteiger partial charge in [0.05, 0.1) is 10.7 Å². The second-order valence-electron chi connectivity index (χ2n) is 5.71. The summed E-state index contributed by atoms with van der Waals surface area (Å²) in [7, 11) is 0. The highest BCUT2D eigenvalue weighted by Gasteiger charge is 2.31. The number of aliphatic hydroxyl groups excluding tert-OH is 1. The van der Waals surface area contributed by atoms with E-state index in [0.717, 1.165) is 49.2 Å². The molecule has 1 amide bonds. The van der Waals surface area contributed by atoms with Gasteiger partial charge in [-0.25, -0.2) is 0 Å². The minimum atomic E-state index is -0.629. The molecule has 0 spiro atoms. The fourth-order valence-electron chi connectivity index (χ4n) is 3.29. The van der Waals surface area contributed by atoms with E-state index in [1.807, 2.05) is 6.07 Å². The Balaban J connectivity index is 1.89. The van der Waals surface area contributed by atoms with Crippen LogP contribution in [0, 0.1) is 0 Å². The number of halogens is 1. The lowest BCUT2D eigenvalue weighted by Gasteiger charge is -2.28. The Morgan fingerprint density at radius 1 is 1.48 bits per heavy atom. The molecular weight excluding hydrogens is 290 g/mol. The molecule has 0 saturated carbocycles. The fourth-order valence-corrected chi connectivity index (χ4v) is 3.58. The molecular formula is C15H20ClN3O2. The van der Waals surface area contributed by atoms with Gasteiger partial charge in [-0.15, -0.1) is 0 Å². The molecule has 2 heterocycles. The summed E-state index contributed by atoms with van der Waals surface area (Å²) in [6, 6.07) is 3.50. The van der Waals surface area contributed by atoms with Crippen molar-refractivity contribution >= 4 is 28.9 Å². The van der Waals surface area contributed by atoms with Crippen LogP contribution >= 0.6 is 11.6 Å². The molecule has 1 saturated heterocycles. The number of nitrogens with one attached hydrogen (secondary N) is 1. The highest BCUT2D eigenvalue weighted by Crippen LogP contribution is 2.40. The number of hydrogen-bond acceptors (Lipinski definition) is 4. The van der Waals surface area contributed by atoms with E-state index < -0.39 is 6.04 Å². The Morgan fingerprint density at radius 2 is 2.29 bits per heavy atom. The van der Waals surface area contributed by atoms with Crippen molar-refractivity contribution in [3.05, 3.63) is 22.7 Å². The van der Waals surface area contributed by atoms with Crippen molar-refractivity contribution in [2.24, 2.45) is 5.73 Å². The zero-order valence-electron chi connectivity index (χ0n) is 11.8. The number of amides is 1. The van der Waals surface area contributed by atoms with Crippen LogP contribution in [0.3, 0.4) is 0 Å². The van der Waals surface area contributed by atoms with E-state index in [0.29, 0.717) is 11.1 Å². The summed E-state index contributed by atoms with van der Waals surface area (Å²) < 4.78 is 0. The van der Waals surface area contributed by atoms with Crippen LogP contribution in [0.25, 0.3) is 0 Å². The maximum absolute atomic E-state index is 11.7. The second-order valence-corrected chi connectivity index (χ2v) is 6.12. The van der Waals surface area contributed by atoms with Gasteiger partial charge in [-0.1, -0.05) is 11.6 Å². The smallest absolute Gasteiger partial charge is 0.245 e.